The Bertz CT molecular complexity index is 496. The van der Waals surface area contributed by atoms with Crippen LogP contribution >= 0.6 is 10.7 Å². The number of alkyl halides is 2. The third-order valence-corrected chi connectivity index (χ3v) is 2.60. The quantitative estimate of drug-likeness (QED) is 0.795. The number of hydrogen-bond donors (Lipinski definition) is 1. The van der Waals surface area contributed by atoms with Crippen LogP contribution in [0.4, 0.5) is 8.78 Å². The molecular weight excluding hydrogens is 240 g/mol. The number of aromatic amines is 1. The van der Waals surface area contributed by atoms with Gasteiger partial charge in [-0.05, 0) is 6.07 Å². The highest BCUT2D eigenvalue weighted by Crippen LogP contribution is 2.20. The van der Waals surface area contributed by atoms with Crippen molar-refractivity contribution in [3.63, 3.8) is 0 Å². The molecule has 0 aliphatic heterocycles. The van der Waals surface area contributed by atoms with E-state index in [9.17, 15) is 22.0 Å². The summed E-state index contributed by atoms with van der Waals surface area (Å²) >= 11 is 0. The van der Waals surface area contributed by atoms with Gasteiger partial charge in [0.1, 0.15) is 0 Å². The lowest BCUT2D eigenvalue weighted by Crippen LogP contribution is -2.11. The molecule has 1 rings (SSSR count). The topological polar surface area (TPSA) is 67.0 Å². The van der Waals surface area contributed by atoms with Crippen LogP contribution in [0.25, 0.3) is 0 Å². The maximum absolute atomic E-state index is 12.1. The van der Waals surface area contributed by atoms with E-state index in [4.69, 9.17) is 10.7 Å². The first-order chi connectivity index (χ1) is 6.30. The van der Waals surface area contributed by atoms with Gasteiger partial charge in [0.15, 0.2) is 5.03 Å². The molecule has 0 amide bonds. The highest BCUT2D eigenvalue weighted by Gasteiger charge is 2.16. The number of H-pyrrole nitrogens is 1. The molecule has 8 heteroatoms. The molecule has 14 heavy (non-hydrogen) atoms. The summed E-state index contributed by atoms with van der Waals surface area (Å²) in [5.41, 5.74) is -1.63. The Morgan fingerprint density at radius 3 is 2.36 bits per heavy atom. The highest BCUT2D eigenvalue weighted by atomic mass is 35.7. The molecule has 0 fully saturated rings. The zero-order valence-electron chi connectivity index (χ0n) is 6.50. The number of hydrogen-bond acceptors (Lipinski definition) is 3. The summed E-state index contributed by atoms with van der Waals surface area (Å²) in [5, 5.41) is -0.734. The molecule has 0 saturated heterocycles. The van der Waals surface area contributed by atoms with E-state index in [1.54, 1.807) is 0 Å². The summed E-state index contributed by atoms with van der Waals surface area (Å²) in [6, 6.07) is 1.23. The first-order valence-corrected chi connectivity index (χ1v) is 5.59. The van der Waals surface area contributed by atoms with Gasteiger partial charge in [0.2, 0.25) is 5.56 Å². The predicted octanol–water partition coefficient (Wildman–Crippen LogP) is 1.24. The molecule has 4 nitrogen and oxygen atoms in total. The van der Waals surface area contributed by atoms with Crippen molar-refractivity contribution in [1.82, 2.24) is 4.98 Å². The summed E-state index contributed by atoms with van der Waals surface area (Å²) in [6.45, 7) is 0. The van der Waals surface area contributed by atoms with E-state index >= 15 is 0 Å². The fraction of sp³-hybridized carbons (Fsp3) is 0.167. The van der Waals surface area contributed by atoms with E-state index in [0.29, 0.717) is 12.1 Å². The predicted molar refractivity (Wildman–Crippen MR) is 45.1 cm³/mol. The zero-order valence-corrected chi connectivity index (χ0v) is 8.07. The molecule has 0 aliphatic rings. The Balaban J connectivity index is 3.43. The Morgan fingerprint density at radius 2 is 1.93 bits per heavy atom. The Labute approximate surface area is 81.9 Å². The summed E-state index contributed by atoms with van der Waals surface area (Å²) in [7, 11) is 0.666. The molecule has 0 atom stereocenters. The van der Waals surface area contributed by atoms with E-state index in [1.165, 1.54) is 0 Å². The van der Waals surface area contributed by atoms with Crippen molar-refractivity contribution in [2.75, 3.05) is 0 Å². The maximum atomic E-state index is 12.1. The molecule has 0 spiro atoms. The minimum Gasteiger partial charge on any atom is -0.312 e. The molecule has 0 unspecified atom stereocenters. The van der Waals surface area contributed by atoms with Crippen LogP contribution in [0, 0.1) is 0 Å². The van der Waals surface area contributed by atoms with Gasteiger partial charge in [0.05, 0.1) is 0 Å². The molecule has 0 aromatic carbocycles. The summed E-state index contributed by atoms with van der Waals surface area (Å²) in [4.78, 5) is 12.6. The van der Waals surface area contributed by atoms with Crippen LogP contribution in [-0.4, -0.2) is 13.4 Å². The van der Waals surface area contributed by atoms with Crippen molar-refractivity contribution >= 4 is 19.7 Å². The molecule has 0 saturated carbocycles. The van der Waals surface area contributed by atoms with Gasteiger partial charge in [0.25, 0.3) is 15.5 Å². The third-order valence-electron chi connectivity index (χ3n) is 1.36. The third kappa shape index (κ3) is 2.52. The number of aromatic nitrogens is 1. The Kier molecular flexibility index (Phi) is 2.91. The molecule has 0 aliphatic carbocycles. The van der Waals surface area contributed by atoms with Crippen LogP contribution in [0.3, 0.4) is 0 Å². The van der Waals surface area contributed by atoms with Crippen molar-refractivity contribution in [3.05, 3.63) is 28.0 Å². The molecule has 0 radical (unpaired) electrons. The monoisotopic (exact) mass is 243 g/mol. The summed E-state index contributed by atoms with van der Waals surface area (Å²) < 4.78 is 45.7. The lowest BCUT2D eigenvalue weighted by atomic mass is 10.3. The SMILES string of the molecule is O=c1cc(C(F)F)cc(S(=O)(=O)Cl)[nH]1. The first kappa shape index (κ1) is 11.1. The minimum absolute atomic E-state index is 0.607. The molecular formula is C6H4ClF2NO3S. The molecule has 0 bridgehead atoms. The van der Waals surface area contributed by atoms with E-state index in [-0.39, 0.29) is 0 Å². The summed E-state index contributed by atoms with van der Waals surface area (Å²) in [6.07, 6.45) is -2.92. The van der Waals surface area contributed by atoms with Crippen LogP contribution in [0.5, 0.6) is 0 Å². The van der Waals surface area contributed by atoms with Gasteiger partial charge in [-0.3, -0.25) is 4.79 Å². The first-order valence-electron chi connectivity index (χ1n) is 3.28. The fourth-order valence-corrected chi connectivity index (χ4v) is 1.54. The van der Waals surface area contributed by atoms with Crippen LogP contribution in [-0.2, 0) is 9.05 Å². The van der Waals surface area contributed by atoms with Gasteiger partial charge >= 0.3 is 0 Å². The molecule has 1 N–H and O–H groups in total. The largest absolute Gasteiger partial charge is 0.312 e. The second kappa shape index (κ2) is 3.66. The van der Waals surface area contributed by atoms with Crippen LogP contribution in [0.15, 0.2) is 22.0 Å². The highest BCUT2D eigenvalue weighted by molar-refractivity contribution is 8.13. The zero-order chi connectivity index (χ0) is 10.9. The van der Waals surface area contributed by atoms with Crippen LogP contribution in [0.2, 0.25) is 0 Å². The maximum Gasteiger partial charge on any atom is 0.276 e. The van der Waals surface area contributed by atoms with Gasteiger partial charge in [-0.15, -0.1) is 0 Å². The van der Waals surface area contributed by atoms with E-state index in [0.717, 1.165) is 0 Å². The second-order valence-electron chi connectivity index (χ2n) is 2.38. The van der Waals surface area contributed by atoms with Crippen molar-refractivity contribution in [3.8, 4) is 0 Å². The van der Waals surface area contributed by atoms with Crippen molar-refractivity contribution in [2.24, 2.45) is 0 Å². The average Bonchev–Trinajstić information content (AvgIpc) is 2.01. The van der Waals surface area contributed by atoms with Crippen molar-refractivity contribution in [1.29, 1.82) is 0 Å². The van der Waals surface area contributed by atoms with Gasteiger partial charge in [-0.2, -0.15) is 0 Å². The fourth-order valence-electron chi connectivity index (χ4n) is 0.795. The van der Waals surface area contributed by atoms with Crippen LogP contribution < -0.4 is 5.56 Å². The Morgan fingerprint density at radius 1 is 1.36 bits per heavy atom. The number of halogens is 3. The standard InChI is InChI=1S/C6H4ClF2NO3S/c7-14(12,13)5-2-3(6(8)9)1-4(11)10-5/h1-2,6H,(H,10,11). The molecule has 1 heterocycles. The average molecular weight is 244 g/mol. The van der Waals surface area contributed by atoms with Gasteiger partial charge in [-0.1, -0.05) is 0 Å². The second-order valence-corrected chi connectivity index (χ2v) is 4.92. The van der Waals surface area contributed by atoms with Gasteiger partial charge in [-0.25, -0.2) is 17.2 Å². The van der Waals surface area contributed by atoms with Gasteiger partial charge in [0, 0.05) is 22.3 Å². The molecule has 78 valence electrons. The minimum atomic E-state index is -4.20. The van der Waals surface area contributed by atoms with E-state index in [1.807, 2.05) is 4.98 Å². The van der Waals surface area contributed by atoms with Crippen molar-refractivity contribution < 1.29 is 17.2 Å². The van der Waals surface area contributed by atoms with E-state index in [2.05, 4.69) is 0 Å². The smallest absolute Gasteiger partial charge is 0.276 e. The number of rotatable bonds is 2. The Hall–Kier alpha value is -0.950. The van der Waals surface area contributed by atoms with Crippen LogP contribution in [0.1, 0.15) is 12.0 Å². The van der Waals surface area contributed by atoms with Crippen molar-refractivity contribution in [2.45, 2.75) is 11.5 Å². The normalized spacial score (nSPS) is 12.0. The number of nitrogens with one attached hydrogen (secondary N) is 1. The molecule has 1 aromatic heterocycles. The lowest BCUT2D eigenvalue weighted by molar-refractivity contribution is 0.151. The number of pyridine rings is 1. The summed E-state index contributed by atoms with van der Waals surface area (Å²) in [5.74, 6) is 0. The van der Waals surface area contributed by atoms with E-state index < -0.39 is 31.6 Å². The molecule has 1 aromatic rings. The lowest BCUT2D eigenvalue weighted by Gasteiger charge is -2.00. The van der Waals surface area contributed by atoms with Gasteiger partial charge < -0.3 is 4.98 Å².